The van der Waals surface area contributed by atoms with Crippen molar-refractivity contribution >= 4 is 28.4 Å². The molecule has 0 aliphatic carbocycles. The molecule has 12 nitrogen and oxygen atoms in total. The van der Waals surface area contributed by atoms with Crippen LogP contribution < -0.4 is 10.2 Å². The van der Waals surface area contributed by atoms with Crippen LogP contribution in [0.5, 0.6) is 0 Å². The maximum absolute atomic E-state index is 12.6. The van der Waals surface area contributed by atoms with Crippen LogP contribution in [-0.4, -0.2) is 74.4 Å². The molecule has 1 aliphatic heterocycles. The molecule has 43 heavy (non-hydrogen) atoms. The molecule has 2 aromatic carbocycles. The maximum Gasteiger partial charge on any atom is 0.228 e. The zero-order chi connectivity index (χ0) is 29.6. The molecule has 220 valence electrons. The number of nitrogens with zero attached hydrogens (tertiary/aromatic N) is 7. The van der Waals surface area contributed by atoms with Crippen LogP contribution in [0, 0.1) is 0 Å². The molecule has 5 aromatic rings. The number of aliphatic hydroxyl groups is 1. The van der Waals surface area contributed by atoms with Crippen molar-refractivity contribution in [3.63, 3.8) is 0 Å². The standard InChI is InChI=1S/C31H32N8O4/c1-42-20-26-18-39(37-36-26)17-23-14-27-29(32-16-23)31(38-10-12-43-13-11-38)35-30(34-27)24-6-2-21(3-7-24)15-28(41)33-25-8-4-22(19-40)5-9-25/h2-9,14,16,18,40H,10-13,15,17,19-20H2,1H3,(H,33,41). The summed E-state index contributed by atoms with van der Waals surface area (Å²) in [5, 5.41) is 20.4. The number of benzene rings is 2. The van der Waals surface area contributed by atoms with Gasteiger partial charge in [0.2, 0.25) is 5.91 Å². The fraction of sp³-hybridized carbons (Fsp3) is 0.290. The first-order valence-electron chi connectivity index (χ1n) is 14.0. The Morgan fingerprint density at radius 2 is 1.79 bits per heavy atom. The monoisotopic (exact) mass is 580 g/mol. The molecular weight excluding hydrogens is 548 g/mol. The Labute approximate surface area is 248 Å². The molecule has 1 saturated heterocycles. The van der Waals surface area contributed by atoms with Gasteiger partial charge in [0.25, 0.3) is 0 Å². The summed E-state index contributed by atoms with van der Waals surface area (Å²) in [6.07, 6.45) is 3.90. The second-order valence-corrected chi connectivity index (χ2v) is 10.3. The quantitative estimate of drug-likeness (QED) is 0.253. The van der Waals surface area contributed by atoms with Gasteiger partial charge in [0.1, 0.15) is 11.2 Å². The summed E-state index contributed by atoms with van der Waals surface area (Å²) in [4.78, 5) is 29.4. The zero-order valence-corrected chi connectivity index (χ0v) is 23.8. The number of amides is 1. The van der Waals surface area contributed by atoms with Crippen LogP contribution >= 0.6 is 0 Å². The van der Waals surface area contributed by atoms with E-state index in [1.807, 2.05) is 42.7 Å². The summed E-state index contributed by atoms with van der Waals surface area (Å²) < 4.78 is 12.5. The highest BCUT2D eigenvalue weighted by Gasteiger charge is 2.20. The van der Waals surface area contributed by atoms with E-state index in [0.717, 1.165) is 44.8 Å². The number of hydrogen-bond acceptors (Lipinski definition) is 10. The lowest BCUT2D eigenvalue weighted by Crippen LogP contribution is -2.37. The Morgan fingerprint density at radius 3 is 2.53 bits per heavy atom. The first kappa shape index (κ1) is 28.3. The summed E-state index contributed by atoms with van der Waals surface area (Å²) in [5.41, 5.74) is 6.34. The number of rotatable bonds is 10. The molecule has 0 spiro atoms. The number of anilines is 2. The van der Waals surface area contributed by atoms with Crippen molar-refractivity contribution in [1.82, 2.24) is 29.9 Å². The third kappa shape index (κ3) is 6.83. The van der Waals surface area contributed by atoms with E-state index in [4.69, 9.17) is 24.4 Å². The number of ether oxygens (including phenoxy) is 2. The molecule has 1 amide bonds. The van der Waals surface area contributed by atoms with Crippen LogP contribution in [0.25, 0.3) is 22.4 Å². The second kappa shape index (κ2) is 13.0. The molecule has 0 radical (unpaired) electrons. The molecule has 12 heteroatoms. The van der Waals surface area contributed by atoms with Crippen molar-refractivity contribution in [2.75, 3.05) is 43.6 Å². The lowest BCUT2D eigenvalue weighted by atomic mass is 10.1. The number of pyridine rings is 1. The summed E-state index contributed by atoms with van der Waals surface area (Å²) in [5.74, 6) is 1.23. The molecule has 0 unspecified atom stereocenters. The number of carbonyl (C=O) groups is 1. The number of methoxy groups -OCH3 is 1. The first-order valence-corrected chi connectivity index (χ1v) is 14.0. The van der Waals surface area contributed by atoms with Crippen molar-refractivity contribution in [2.45, 2.75) is 26.2 Å². The molecule has 6 rings (SSSR count). The smallest absolute Gasteiger partial charge is 0.228 e. The number of hydrogen-bond donors (Lipinski definition) is 2. The Bertz CT molecular complexity index is 1700. The molecular formula is C31H32N8O4. The number of aromatic nitrogens is 6. The highest BCUT2D eigenvalue weighted by atomic mass is 16.5. The van der Waals surface area contributed by atoms with Crippen LogP contribution in [0.15, 0.2) is 67.0 Å². The van der Waals surface area contributed by atoms with E-state index in [-0.39, 0.29) is 18.9 Å². The Balaban J connectivity index is 1.24. The average Bonchev–Trinajstić information content (AvgIpc) is 3.48. The van der Waals surface area contributed by atoms with Crippen LogP contribution in [0.3, 0.4) is 0 Å². The van der Waals surface area contributed by atoms with Crippen molar-refractivity contribution in [1.29, 1.82) is 0 Å². The lowest BCUT2D eigenvalue weighted by molar-refractivity contribution is -0.115. The predicted octanol–water partition coefficient (Wildman–Crippen LogP) is 2.99. The number of morpholine rings is 1. The molecule has 0 bridgehead atoms. The van der Waals surface area contributed by atoms with Gasteiger partial charge in [-0.25, -0.2) is 14.6 Å². The van der Waals surface area contributed by atoms with E-state index in [9.17, 15) is 9.90 Å². The first-order chi connectivity index (χ1) is 21.1. The third-order valence-electron chi connectivity index (χ3n) is 7.10. The average molecular weight is 581 g/mol. The molecule has 3 aromatic heterocycles. The fourth-order valence-corrected chi connectivity index (χ4v) is 4.93. The number of nitrogens with one attached hydrogen (secondary N) is 1. The Hall–Kier alpha value is -4.78. The summed E-state index contributed by atoms with van der Waals surface area (Å²) >= 11 is 0. The molecule has 1 fully saturated rings. The largest absolute Gasteiger partial charge is 0.392 e. The van der Waals surface area contributed by atoms with Gasteiger partial charge in [-0.3, -0.25) is 9.78 Å². The van der Waals surface area contributed by atoms with E-state index in [2.05, 4.69) is 20.5 Å². The van der Waals surface area contributed by atoms with Crippen LogP contribution in [-0.2, 0) is 40.4 Å². The van der Waals surface area contributed by atoms with E-state index in [1.165, 1.54) is 0 Å². The van der Waals surface area contributed by atoms with Gasteiger partial charge in [-0.15, -0.1) is 5.10 Å². The summed E-state index contributed by atoms with van der Waals surface area (Å²) in [7, 11) is 1.63. The Morgan fingerprint density at radius 1 is 1.02 bits per heavy atom. The van der Waals surface area contributed by atoms with Crippen LogP contribution in [0.1, 0.15) is 22.4 Å². The van der Waals surface area contributed by atoms with Gasteiger partial charge in [0.15, 0.2) is 11.6 Å². The van der Waals surface area contributed by atoms with Gasteiger partial charge in [0, 0.05) is 37.6 Å². The number of fused-ring (bicyclic) bond motifs is 1. The summed E-state index contributed by atoms with van der Waals surface area (Å²) in [6.45, 7) is 3.53. The normalized spacial score (nSPS) is 13.4. The van der Waals surface area contributed by atoms with Crippen molar-refractivity contribution in [3.8, 4) is 11.4 Å². The van der Waals surface area contributed by atoms with Gasteiger partial charge >= 0.3 is 0 Å². The zero-order valence-electron chi connectivity index (χ0n) is 23.8. The minimum Gasteiger partial charge on any atom is -0.392 e. The van der Waals surface area contributed by atoms with Crippen LogP contribution in [0.2, 0.25) is 0 Å². The minimum absolute atomic E-state index is 0.0355. The van der Waals surface area contributed by atoms with Crippen LogP contribution in [0.4, 0.5) is 11.5 Å². The highest BCUT2D eigenvalue weighted by molar-refractivity contribution is 5.92. The number of carbonyl (C=O) groups excluding carboxylic acids is 1. The van der Waals surface area contributed by atoms with E-state index < -0.39 is 0 Å². The lowest BCUT2D eigenvalue weighted by Gasteiger charge is -2.28. The summed E-state index contributed by atoms with van der Waals surface area (Å²) in [6, 6.07) is 16.9. The second-order valence-electron chi connectivity index (χ2n) is 10.3. The predicted molar refractivity (Wildman–Crippen MR) is 160 cm³/mol. The van der Waals surface area contributed by atoms with Gasteiger partial charge in [-0.05, 0) is 34.9 Å². The third-order valence-corrected chi connectivity index (χ3v) is 7.10. The van der Waals surface area contributed by atoms with Gasteiger partial charge in [-0.1, -0.05) is 41.6 Å². The fourth-order valence-electron chi connectivity index (χ4n) is 4.93. The Kier molecular flexibility index (Phi) is 8.59. The highest BCUT2D eigenvalue weighted by Crippen LogP contribution is 2.28. The molecule has 1 aliphatic rings. The maximum atomic E-state index is 12.6. The number of aliphatic hydroxyl groups excluding tert-OH is 1. The minimum atomic E-state index is -0.124. The van der Waals surface area contributed by atoms with Crippen molar-refractivity contribution in [3.05, 3.63) is 89.4 Å². The van der Waals surface area contributed by atoms with Gasteiger partial charge in [-0.2, -0.15) is 0 Å². The SMILES string of the molecule is COCc1cn(Cc2cnc3c(N4CCOCC4)nc(-c4ccc(CC(=O)Nc5ccc(CO)cc5)cc4)nc3c2)nn1. The van der Waals surface area contributed by atoms with Crippen molar-refractivity contribution < 1.29 is 19.4 Å². The molecule has 2 N–H and O–H groups in total. The van der Waals surface area contributed by atoms with Crippen molar-refractivity contribution in [2.24, 2.45) is 0 Å². The van der Waals surface area contributed by atoms with Gasteiger partial charge < -0.3 is 24.8 Å². The molecule has 4 heterocycles. The van der Waals surface area contributed by atoms with Gasteiger partial charge in [0.05, 0.1) is 51.1 Å². The topological polar surface area (TPSA) is 140 Å². The molecule has 0 atom stereocenters. The molecule has 0 saturated carbocycles. The van der Waals surface area contributed by atoms with E-state index in [0.29, 0.717) is 51.0 Å². The van der Waals surface area contributed by atoms with E-state index in [1.54, 1.807) is 36.1 Å². The van der Waals surface area contributed by atoms with E-state index >= 15 is 0 Å².